The zero-order chi connectivity index (χ0) is 24.8. The lowest BCUT2D eigenvalue weighted by Gasteiger charge is -2.23. The predicted molar refractivity (Wildman–Crippen MR) is 127 cm³/mol. The molecule has 1 aliphatic heterocycles. The number of carbonyl (C=O) groups is 1. The number of anilines is 1. The highest BCUT2D eigenvalue weighted by Gasteiger charge is 2.33. The molecule has 0 radical (unpaired) electrons. The molecule has 1 N–H and O–H groups in total. The lowest BCUT2D eigenvalue weighted by Crippen LogP contribution is -2.39. The number of nitro benzene ring substituents is 1. The van der Waals surface area contributed by atoms with Crippen molar-refractivity contribution < 1.29 is 27.6 Å². The van der Waals surface area contributed by atoms with E-state index in [9.17, 15) is 23.3 Å². The molecule has 0 saturated carbocycles. The summed E-state index contributed by atoms with van der Waals surface area (Å²) in [6.07, 6.45) is 1.36. The summed E-state index contributed by atoms with van der Waals surface area (Å²) in [7, 11) is -4.47. The van der Waals surface area contributed by atoms with Gasteiger partial charge in [-0.05, 0) is 30.3 Å². The number of carbonyl (C=O) groups excluding carboxylic acids is 1. The second-order valence-electron chi connectivity index (χ2n) is 7.24. The van der Waals surface area contributed by atoms with Crippen LogP contribution in [-0.4, -0.2) is 45.2 Å². The van der Waals surface area contributed by atoms with Gasteiger partial charge in [-0.2, -0.15) is 5.10 Å². The zero-order valence-corrected chi connectivity index (χ0v) is 19.1. The standard InChI is InChI=1S/C23H20N4O7S/c28-22(25-24-15-17-7-6-11-20-23(17)34-14-13-33-20)16-26(18-8-2-1-3-9-18)35(31,32)21-12-5-4-10-19(21)27(29)30/h1-12,15H,13-14,16H2,(H,25,28)/b24-15-. The average molecular weight is 497 g/mol. The minimum atomic E-state index is -4.47. The van der Waals surface area contributed by atoms with Crippen LogP contribution < -0.4 is 19.2 Å². The van der Waals surface area contributed by atoms with Crippen molar-refractivity contribution >= 4 is 33.5 Å². The first kappa shape index (κ1) is 23.7. The van der Waals surface area contributed by atoms with Crippen molar-refractivity contribution in [1.82, 2.24) is 5.43 Å². The lowest BCUT2D eigenvalue weighted by atomic mass is 10.2. The number of rotatable bonds is 8. The number of hydrazone groups is 1. The van der Waals surface area contributed by atoms with Gasteiger partial charge in [-0.1, -0.05) is 36.4 Å². The molecule has 1 heterocycles. The molecule has 1 aliphatic rings. The Balaban J connectivity index is 1.58. The van der Waals surface area contributed by atoms with E-state index in [0.717, 1.165) is 16.4 Å². The number of hydrogen-bond acceptors (Lipinski definition) is 8. The number of nitrogens with zero attached hydrogens (tertiary/aromatic N) is 3. The van der Waals surface area contributed by atoms with Crippen molar-refractivity contribution in [2.24, 2.45) is 5.10 Å². The minimum Gasteiger partial charge on any atom is -0.486 e. The summed E-state index contributed by atoms with van der Waals surface area (Å²) in [4.78, 5) is 22.8. The van der Waals surface area contributed by atoms with Gasteiger partial charge in [0.2, 0.25) is 0 Å². The molecule has 12 heteroatoms. The fourth-order valence-corrected chi connectivity index (χ4v) is 4.97. The molecular weight excluding hydrogens is 476 g/mol. The first-order valence-electron chi connectivity index (χ1n) is 10.4. The van der Waals surface area contributed by atoms with Crippen LogP contribution in [-0.2, 0) is 14.8 Å². The minimum absolute atomic E-state index is 0.160. The van der Waals surface area contributed by atoms with E-state index in [1.807, 2.05) is 0 Å². The van der Waals surface area contributed by atoms with Gasteiger partial charge < -0.3 is 9.47 Å². The maximum Gasteiger partial charge on any atom is 0.289 e. The van der Waals surface area contributed by atoms with Gasteiger partial charge >= 0.3 is 0 Å². The highest BCUT2D eigenvalue weighted by atomic mass is 32.2. The summed E-state index contributed by atoms with van der Waals surface area (Å²) in [6.45, 7) is 0.135. The fourth-order valence-electron chi connectivity index (χ4n) is 3.39. The van der Waals surface area contributed by atoms with Gasteiger partial charge in [-0.15, -0.1) is 0 Å². The molecular formula is C23H20N4O7S. The van der Waals surface area contributed by atoms with Crippen molar-refractivity contribution in [1.29, 1.82) is 0 Å². The van der Waals surface area contributed by atoms with Gasteiger partial charge in [0.15, 0.2) is 16.4 Å². The molecule has 180 valence electrons. The third-order valence-corrected chi connectivity index (χ3v) is 6.77. The first-order valence-corrected chi connectivity index (χ1v) is 11.8. The van der Waals surface area contributed by atoms with Gasteiger partial charge in [0.25, 0.3) is 21.6 Å². The van der Waals surface area contributed by atoms with Crippen molar-refractivity contribution in [3.8, 4) is 11.5 Å². The molecule has 0 saturated heterocycles. The van der Waals surface area contributed by atoms with Gasteiger partial charge in [0, 0.05) is 11.6 Å². The molecule has 3 aromatic rings. The lowest BCUT2D eigenvalue weighted by molar-refractivity contribution is -0.387. The largest absolute Gasteiger partial charge is 0.486 e. The van der Waals surface area contributed by atoms with E-state index in [2.05, 4.69) is 10.5 Å². The number of ether oxygens (including phenoxy) is 2. The topological polar surface area (TPSA) is 140 Å². The number of benzene rings is 3. The third kappa shape index (κ3) is 5.22. The molecule has 0 spiro atoms. The highest BCUT2D eigenvalue weighted by molar-refractivity contribution is 7.93. The Kier molecular flexibility index (Phi) is 6.92. The van der Waals surface area contributed by atoms with Crippen molar-refractivity contribution in [3.05, 3.63) is 88.5 Å². The van der Waals surface area contributed by atoms with E-state index in [0.29, 0.717) is 30.3 Å². The number of nitro groups is 1. The zero-order valence-electron chi connectivity index (χ0n) is 18.2. The number of fused-ring (bicyclic) bond motifs is 1. The van der Waals surface area contributed by atoms with Crippen LogP contribution in [0.4, 0.5) is 11.4 Å². The van der Waals surface area contributed by atoms with Gasteiger partial charge in [0.05, 0.1) is 16.8 Å². The van der Waals surface area contributed by atoms with E-state index in [4.69, 9.17) is 9.47 Å². The summed E-state index contributed by atoms with van der Waals surface area (Å²) < 4.78 is 38.7. The monoisotopic (exact) mass is 496 g/mol. The Morgan fingerprint density at radius 1 is 1.03 bits per heavy atom. The molecule has 0 aliphatic carbocycles. The molecule has 0 unspecified atom stereocenters. The van der Waals surface area contributed by atoms with E-state index in [1.165, 1.54) is 30.5 Å². The van der Waals surface area contributed by atoms with Crippen LogP contribution in [0.3, 0.4) is 0 Å². The first-order chi connectivity index (χ1) is 16.9. The van der Waals surface area contributed by atoms with Gasteiger partial charge in [0.1, 0.15) is 19.8 Å². The number of para-hydroxylation sites is 3. The van der Waals surface area contributed by atoms with E-state index in [1.54, 1.807) is 36.4 Å². The van der Waals surface area contributed by atoms with E-state index in [-0.39, 0.29) is 5.69 Å². The summed E-state index contributed by atoms with van der Waals surface area (Å²) in [5.74, 6) is 0.285. The van der Waals surface area contributed by atoms with Crippen molar-refractivity contribution in [2.75, 3.05) is 24.1 Å². The predicted octanol–water partition coefficient (Wildman–Crippen LogP) is 2.71. The number of hydrogen-bond donors (Lipinski definition) is 1. The molecule has 4 rings (SSSR count). The quantitative estimate of drug-likeness (QED) is 0.287. The number of amides is 1. The highest BCUT2D eigenvalue weighted by Crippen LogP contribution is 2.32. The van der Waals surface area contributed by atoms with Gasteiger partial charge in [-0.3, -0.25) is 19.2 Å². The second kappa shape index (κ2) is 10.2. The Morgan fingerprint density at radius 3 is 2.51 bits per heavy atom. The van der Waals surface area contributed by atoms with Crippen LogP contribution in [0, 0.1) is 10.1 Å². The van der Waals surface area contributed by atoms with Crippen LogP contribution >= 0.6 is 0 Å². The molecule has 0 bridgehead atoms. The van der Waals surface area contributed by atoms with Crippen LogP contribution in [0.2, 0.25) is 0 Å². The van der Waals surface area contributed by atoms with Crippen molar-refractivity contribution in [3.63, 3.8) is 0 Å². The summed E-state index contributed by atoms with van der Waals surface area (Å²) in [5.41, 5.74) is 2.42. The average Bonchev–Trinajstić information content (AvgIpc) is 2.88. The summed E-state index contributed by atoms with van der Waals surface area (Å²) >= 11 is 0. The Hall–Kier alpha value is -4.45. The molecule has 0 fully saturated rings. The van der Waals surface area contributed by atoms with Crippen LogP contribution in [0.15, 0.2) is 82.8 Å². The van der Waals surface area contributed by atoms with Crippen LogP contribution in [0.1, 0.15) is 5.56 Å². The Bertz CT molecular complexity index is 1380. The van der Waals surface area contributed by atoms with E-state index < -0.39 is 38.0 Å². The number of nitrogens with one attached hydrogen (secondary N) is 1. The second-order valence-corrected chi connectivity index (χ2v) is 9.07. The molecule has 11 nitrogen and oxygen atoms in total. The molecule has 0 aromatic heterocycles. The van der Waals surface area contributed by atoms with Crippen LogP contribution in [0.5, 0.6) is 11.5 Å². The third-order valence-electron chi connectivity index (χ3n) is 4.95. The van der Waals surface area contributed by atoms with E-state index >= 15 is 0 Å². The van der Waals surface area contributed by atoms with Gasteiger partial charge in [-0.25, -0.2) is 13.8 Å². The Morgan fingerprint density at radius 2 is 1.74 bits per heavy atom. The fraction of sp³-hybridized carbons (Fsp3) is 0.130. The molecule has 1 amide bonds. The van der Waals surface area contributed by atoms with Crippen LogP contribution in [0.25, 0.3) is 0 Å². The smallest absolute Gasteiger partial charge is 0.289 e. The normalized spacial score (nSPS) is 12.8. The molecule has 0 atom stereocenters. The molecule has 3 aromatic carbocycles. The summed E-state index contributed by atoms with van der Waals surface area (Å²) in [5, 5.41) is 15.3. The Labute approximate surface area is 200 Å². The summed E-state index contributed by atoms with van der Waals surface area (Å²) in [6, 6.07) is 18.0. The maximum absolute atomic E-state index is 13.4. The SMILES string of the molecule is O=C(CN(c1ccccc1)S(=O)(=O)c1ccccc1[N+](=O)[O-])N/N=C\c1cccc2c1OCCO2. The van der Waals surface area contributed by atoms with Crippen molar-refractivity contribution in [2.45, 2.75) is 4.90 Å². The maximum atomic E-state index is 13.4. The molecule has 35 heavy (non-hydrogen) atoms. The number of sulfonamides is 1.